The standard InChI is InChI=1S/C13H9Cl2N3O4/c14-8-1-3-11(10(15)5-8)22-7-13(19)17-12-4-2-9(6-16-12)18(20)21/h1-6H,7H2,(H,16,17,19). The van der Waals surface area contributed by atoms with Crippen LogP contribution in [-0.2, 0) is 4.79 Å². The molecule has 7 nitrogen and oxygen atoms in total. The summed E-state index contributed by atoms with van der Waals surface area (Å²) >= 11 is 11.6. The highest BCUT2D eigenvalue weighted by atomic mass is 35.5. The van der Waals surface area contributed by atoms with E-state index >= 15 is 0 Å². The molecule has 0 saturated heterocycles. The second kappa shape index (κ2) is 7.06. The molecule has 0 atom stereocenters. The first-order valence-electron chi connectivity index (χ1n) is 5.94. The molecule has 0 spiro atoms. The van der Waals surface area contributed by atoms with Gasteiger partial charge < -0.3 is 10.1 Å². The molecule has 0 saturated carbocycles. The van der Waals surface area contributed by atoms with Gasteiger partial charge >= 0.3 is 0 Å². The predicted octanol–water partition coefficient (Wildman–Crippen LogP) is 3.31. The van der Waals surface area contributed by atoms with Crippen LogP contribution in [0.2, 0.25) is 10.0 Å². The maximum atomic E-state index is 11.7. The minimum absolute atomic E-state index is 0.165. The fourth-order valence-corrected chi connectivity index (χ4v) is 1.95. The van der Waals surface area contributed by atoms with Crippen LogP contribution in [0.3, 0.4) is 0 Å². The molecule has 2 rings (SSSR count). The molecule has 0 radical (unpaired) electrons. The first kappa shape index (κ1) is 16.0. The van der Waals surface area contributed by atoms with E-state index in [4.69, 9.17) is 27.9 Å². The van der Waals surface area contributed by atoms with E-state index in [2.05, 4.69) is 10.3 Å². The molecule has 2 aromatic rings. The van der Waals surface area contributed by atoms with E-state index in [1.165, 1.54) is 18.2 Å². The Morgan fingerprint density at radius 3 is 2.68 bits per heavy atom. The number of pyridine rings is 1. The molecule has 114 valence electrons. The van der Waals surface area contributed by atoms with Crippen molar-refractivity contribution in [2.45, 2.75) is 0 Å². The summed E-state index contributed by atoms with van der Waals surface area (Å²) in [5.41, 5.74) is -0.165. The summed E-state index contributed by atoms with van der Waals surface area (Å²) in [6.45, 7) is -0.292. The van der Waals surface area contributed by atoms with Gasteiger partial charge in [0.05, 0.1) is 9.95 Å². The zero-order valence-corrected chi connectivity index (χ0v) is 12.5. The van der Waals surface area contributed by atoms with Crippen LogP contribution in [0, 0.1) is 10.1 Å². The number of halogens is 2. The topological polar surface area (TPSA) is 94.4 Å². The fraction of sp³-hybridized carbons (Fsp3) is 0.0769. The molecule has 1 aromatic carbocycles. The lowest BCUT2D eigenvalue weighted by molar-refractivity contribution is -0.385. The zero-order valence-electron chi connectivity index (χ0n) is 11.0. The fourth-order valence-electron chi connectivity index (χ4n) is 1.48. The van der Waals surface area contributed by atoms with Crippen molar-refractivity contribution in [3.05, 3.63) is 56.7 Å². The van der Waals surface area contributed by atoms with Crippen molar-refractivity contribution in [2.24, 2.45) is 0 Å². The van der Waals surface area contributed by atoms with Crippen LogP contribution in [0.25, 0.3) is 0 Å². The van der Waals surface area contributed by atoms with Crippen LogP contribution in [-0.4, -0.2) is 22.4 Å². The van der Waals surface area contributed by atoms with E-state index in [9.17, 15) is 14.9 Å². The predicted molar refractivity (Wildman–Crippen MR) is 81.5 cm³/mol. The molecule has 0 bridgehead atoms. The zero-order chi connectivity index (χ0) is 16.1. The molecule has 0 unspecified atom stereocenters. The van der Waals surface area contributed by atoms with Crippen molar-refractivity contribution >= 4 is 40.6 Å². The third-order valence-electron chi connectivity index (χ3n) is 2.48. The number of anilines is 1. The van der Waals surface area contributed by atoms with Gasteiger partial charge in [-0.25, -0.2) is 4.98 Å². The molecule has 1 N–H and O–H groups in total. The number of carbonyl (C=O) groups excluding carboxylic acids is 1. The molecule has 0 aliphatic carbocycles. The summed E-state index contributed by atoms with van der Waals surface area (Å²) in [6, 6.07) is 7.18. The lowest BCUT2D eigenvalue weighted by atomic mass is 10.3. The van der Waals surface area contributed by atoms with Crippen LogP contribution in [0.4, 0.5) is 11.5 Å². The van der Waals surface area contributed by atoms with Crippen LogP contribution >= 0.6 is 23.2 Å². The summed E-state index contributed by atoms with van der Waals surface area (Å²) in [5.74, 6) is 0.0200. The highest BCUT2D eigenvalue weighted by Gasteiger charge is 2.09. The lowest BCUT2D eigenvalue weighted by Gasteiger charge is -2.08. The van der Waals surface area contributed by atoms with Gasteiger partial charge in [0.2, 0.25) is 0 Å². The Morgan fingerprint density at radius 1 is 1.32 bits per heavy atom. The Bertz CT molecular complexity index is 707. The number of benzene rings is 1. The van der Waals surface area contributed by atoms with E-state index < -0.39 is 10.8 Å². The maximum absolute atomic E-state index is 11.7. The number of hydrogen-bond donors (Lipinski definition) is 1. The normalized spacial score (nSPS) is 10.1. The van der Waals surface area contributed by atoms with Crippen molar-refractivity contribution in [1.29, 1.82) is 0 Å². The number of nitrogens with one attached hydrogen (secondary N) is 1. The van der Waals surface area contributed by atoms with Crippen LogP contribution in [0.15, 0.2) is 36.5 Å². The number of aromatic nitrogens is 1. The summed E-state index contributed by atoms with van der Waals surface area (Å²) in [7, 11) is 0. The Morgan fingerprint density at radius 2 is 2.09 bits per heavy atom. The highest BCUT2D eigenvalue weighted by molar-refractivity contribution is 6.35. The number of amides is 1. The number of rotatable bonds is 5. The van der Waals surface area contributed by atoms with Gasteiger partial charge in [-0.05, 0) is 24.3 Å². The Kier molecular flexibility index (Phi) is 5.13. The molecule has 22 heavy (non-hydrogen) atoms. The minimum atomic E-state index is -0.579. The van der Waals surface area contributed by atoms with Crippen molar-refractivity contribution in [2.75, 3.05) is 11.9 Å². The van der Waals surface area contributed by atoms with Gasteiger partial charge in [0, 0.05) is 11.1 Å². The average molecular weight is 342 g/mol. The van der Waals surface area contributed by atoms with Gasteiger partial charge in [-0.2, -0.15) is 0 Å². The summed E-state index contributed by atoms with van der Waals surface area (Å²) < 4.78 is 5.25. The number of ether oxygens (including phenoxy) is 1. The third kappa shape index (κ3) is 4.31. The first-order valence-corrected chi connectivity index (χ1v) is 6.69. The number of hydrogen-bond acceptors (Lipinski definition) is 5. The van der Waals surface area contributed by atoms with Crippen molar-refractivity contribution < 1.29 is 14.5 Å². The Hall–Kier alpha value is -2.38. The molecule has 1 heterocycles. The van der Waals surface area contributed by atoms with E-state index in [-0.39, 0.29) is 23.1 Å². The van der Waals surface area contributed by atoms with Gasteiger partial charge in [0.25, 0.3) is 11.6 Å². The highest BCUT2D eigenvalue weighted by Crippen LogP contribution is 2.27. The van der Waals surface area contributed by atoms with E-state index in [1.807, 2.05) is 0 Å². The van der Waals surface area contributed by atoms with Gasteiger partial charge in [-0.15, -0.1) is 0 Å². The Labute approximate surface area is 135 Å². The molecule has 1 amide bonds. The van der Waals surface area contributed by atoms with Gasteiger partial charge in [0.15, 0.2) is 6.61 Å². The molecular formula is C13H9Cl2N3O4. The molecule has 0 aliphatic heterocycles. The number of nitrogens with zero attached hydrogens (tertiary/aromatic N) is 2. The molecule has 1 aromatic heterocycles. The Balaban J connectivity index is 1.91. The van der Waals surface area contributed by atoms with Gasteiger partial charge in [-0.3, -0.25) is 14.9 Å². The van der Waals surface area contributed by atoms with Crippen molar-refractivity contribution in [3.63, 3.8) is 0 Å². The van der Waals surface area contributed by atoms with Crippen molar-refractivity contribution in [3.8, 4) is 5.75 Å². The lowest BCUT2D eigenvalue weighted by Crippen LogP contribution is -2.20. The van der Waals surface area contributed by atoms with Gasteiger partial charge in [0.1, 0.15) is 17.8 Å². The molecular weight excluding hydrogens is 333 g/mol. The molecule has 9 heteroatoms. The summed E-state index contributed by atoms with van der Waals surface area (Å²) in [6.07, 6.45) is 1.05. The van der Waals surface area contributed by atoms with Crippen LogP contribution < -0.4 is 10.1 Å². The van der Waals surface area contributed by atoms with Crippen molar-refractivity contribution in [1.82, 2.24) is 4.98 Å². The molecule has 0 fully saturated rings. The minimum Gasteiger partial charge on any atom is -0.482 e. The quantitative estimate of drug-likeness (QED) is 0.664. The van der Waals surface area contributed by atoms with Crippen LogP contribution in [0.5, 0.6) is 5.75 Å². The van der Waals surface area contributed by atoms with E-state index in [1.54, 1.807) is 12.1 Å². The second-order valence-corrected chi connectivity index (χ2v) is 4.91. The van der Waals surface area contributed by atoms with E-state index in [0.717, 1.165) is 6.20 Å². The van der Waals surface area contributed by atoms with Gasteiger partial charge in [-0.1, -0.05) is 23.2 Å². The number of nitro groups is 1. The SMILES string of the molecule is O=C(COc1ccc(Cl)cc1Cl)Nc1ccc([N+](=O)[O-])cn1. The summed E-state index contributed by atoms with van der Waals surface area (Å²) in [5, 5.41) is 13.7. The third-order valence-corrected chi connectivity index (χ3v) is 3.01. The largest absolute Gasteiger partial charge is 0.482 e. The molecule has 0 aliphatic rings. The maximum Gasteiger partial charge on any atom is 0.287 e. The second-order valence-electron chi connectivity index (χ2n) is 4.07. The van der Waals surface area contributed by atoms with Crippen LogP contribution in [0.1, 0.15) is 0 Å². The monoisotopic (exact) mass is 341 g/mol. The summed E-state index contributed by atoms with van der Waals surface area (Å²) in [4.78, 5) is 25.4. The van der Waals surface area contributed by atoms with E-state index in [0.29, 0.717) is 10.8 Å². The number of carbonyl (C=O) groups is 1. The smallest absolute Gasteiger partial charge is 0.287 e. The first-order chi connectivity index (χ1) is 10.5. The average Bonchev–Trinajstić information content (AvgIpc) is 2.47.